The van der Waals surface area contributed by atoms with Gasteiger partial charge in [-0.3, -0.25) is 9.48 Å². The van der Waals surface area contributed by atoms with Crippen LogP contribution >= 0.6 is 0 Å². The Morgan fingerprint density at radius 2 is 2.13 bits per heavy atom. The first-order chi connectivity index (χ1) is 14.7. The van der Waals surface area contributed by atoms with E-state index in [-0.39, 0.29) is 5.78 Å². The molecule has 7 nitrogen and oxygen atoms in total. The van der Waals surface area contributed by atoms with E-state index in [1.807, 2.05) is 59.3 Å². The van der Waals surface area contributed by atoms with Gasteiger partial charge in [0.1, 0.15) is 11.8 Å². The molecular weight excluding hydrogens is 380 g/mol. The average Bonchev–Trinajstić information content (AvgIpc) is 3.41. The number of hydrogen-bond donors (Lipinski definition) is 2. The van der Waals surface area contributed by atoms with Crippen LogP contribution in [0.15, 0.2) is 60.8 Å². The first-order valence-electron chi connectivity index (χ1n) is 9.88. The molecule has 7 heteroatoms. The van der Waals surface area contributed by atoms with Gasteiger partial charge in [0.05, 0.1) is 38.3 Å². The number of para-hydroxylation sites is 1. The molecule has 1 aliphatic heterocycles. The van der Waals surface area contributed by atoms with Crippen molar-refractivity contribution < 1.29 is 14.3 Å². The fourth-order valence-electron chi connectivity index (χ4n) is 3.84. The number of hydrogen-bond acceptors (Lipinski definition) is 5. The van der Waals surface area contributed by atoms with Gasteiger partial charge in [-0.2, -0.15) is 5.10 Å². The van der Waals surface area contributed by atoms with Crippen molar-refractivity contribution in [2.24, 2.45) is 0 Å². The molecule has 152 valence electrons. The van der Waals surface area contributed by atoms with Crippen LogP contribution in [0.5, 0.6) is 5.75 Å². The lowest BCUT2D eigenvalue weighted by atomic mass is 10.00. The van der Waals surface area contributed by atoms with Gasteiger partial charge >= 0.3 is 0 Å². The summed E-state index contributed by atoms with van der Waals surface area (Å²) in [6.07, 6.45) is 1.77. The fourth-order valence-corrected chi connectivity index (χ4v) is 3.84. The summed E-state index contributed by atoms with van der Waals surface area (Å²) in [5.74, 6) is 0.669. The molecule has 4 aromatic rings. The van der Waals surface area contributed by atoms with E-state index in [1.54, 1.807) is 13.3 Å². The minimum atomic E-state index is -0.644. The van der Waals surface area contributed by atoms with Crippen LogP contribution in [-0.2, 0) is 17.9 Å². The Morgan fingerprint density at radius 3 is 3.00 bits per heavy atom. The number of ether oxygens (including phenoxy) is 2. The number of ketones is 1. The van der Waals surface area contributed by atoms with Crippen molar-refractivity contribution in [2.75, 3.05) is 19.0 Å². The number of aromatic amines is 1. The van der Waals surface area contributed by atoms with Gasteiger partial charge in [-0.05, 0) is 24.3 Å². The lowest BCUT2D eigenvalue weighted by Gasteiger charge is -2.17. The minimum Gasteiger partial charge on any atom is -0.497 e. The largest absolute Gasteiger partial charge is 0.497 e. The number of nitrogens with zero attached hydrogens (tertiary/aromatic N) is 2. The van der Waals surface area contributed by atoms with Crippen molar-refractivity contribution in [1.82, 2.24) is 14.8 Å². The molecule has 1 unspecified atom stereocenters. The molecule has 2 N–H and O–H groups in total. The lowest BCUT2D eigenvalue weighted by Crippen LogP contribution is -2.22. The van der Waals surface area contributed by atoms with Crippen LogP contribution in [0.3, 0.4) is 0 Å². The van der Waals surface area contributed by atoms with Crippen LogP contribution in [0.1, 0.15) is 27.8 Å². The molecule has 0 saturated carbocycles. The number of benzene rings is 2. The molecular formula is C23H22N4O3. The van der Waals surface area contributed by atoms with E-state index in [2.05, 4.69) is 10.3 Å². The summed E-state index contributed by atoms with van der Waals surface area (Å²) in [4.78, 5) is 16.9. The topological polar surface area (TPSA) is 81.2 Å². The smallest absolute Gasteiger partial charge is 0.193 e. The Morgan fingerprint density at radius 1 is 1.23 bits per heavy atom. The second kappa shape index (κ2) is 7.68. The number of fused-ring (bicyclic) bond motifs is 2. The number of rotatable bonds is 6. The molecule has 1 aliphatic rings. The van der Waals surface area contributed by atoms with Gasteiger partial charge in [-0.15, -0.1) is 0 Å². The summed E-state index contributed by atoms with van der Waals surface area (Å²) < 4.78 is 12.8. The highest BCUT2D eigenvalue weighted by Gasteiger charge is 2.28. The molecule has 1 atom stereocenters. The second-order valence-electron chi connectivity index (χ2n) is 7.26. The first kappa shape index (κ1) is 18.4. The number of methoxy groups -OCH3 is 1. The first-order valence-corrected chi connectivity index (χ1v) is 9.88. The van der Waals surface area contributed by atoms with Gasteiger partial charge in [0, 0.05) is 34.4 Å². The Kier molecular flexibility index (Phi) is 4.72. The van der Waals surface area contributed by atoms with Crippen molar-refractivity contribution in [3.05, 3.63) is 77.7 Å². The molecule has 30 heavy (non-hydrogen) atoms. The second-order valence-corrected chi connectivity index (χ2v) is 7.26. The zero-order valence-corrected chi connectivity index (χ0v) is 16.6. The number of carbonyl (C=O) groups is 1. The van der Waals surface area contributed by atoms with Crippen molar-refractivity contribution in [1.29, 1.82) is 0 Å². The van der Waals surface area contributed by atoms with Crippen LogP contribution in [0.2, 0.25) is 0 Å². The molecule has 5 rings (SSSR count). The zero-order chi connectivity index (χ0) is 20.5. The molecule has 0 bridgehead atoms. The Hall–Kier alpha value is -3.58. The molecule has 0 amide bonds. The van der Waals surface area contributed by atoms with E-state index in [4.69, 9.17) is 14.6 Å². The minimum absolute atomic E-state index is 0.0494. The van der Waals surface area contributed by atoms with E-state index in [9.17, 15) is 4.79 Å². The van der Waals surface area contributed by atoms with Gasteiger partial charge in [0.2, 0.25) is 0 Å². The van der Waals surface area contributed by atoms with Gasteiger partial charge in [0.25, 0.3) is 0 Å². The monoisotopic (exact) mass is 402 g/mol. The summed E-state index contributed by atoms with van der Waals surface area (Å²) in [5, 5.41) is 8.98. The number of Topliss-reactive ketones (excluding diaryl/α,β-unsaturated/α-hetero) is 1. The Labute approximate surface area is 173 Å². The SMILES string of the molecule is COc1cccc(NC(C(=O)c2c[nH]c3ccccc23)c2cc3n(n2)CCOC3)c1. The number of anilines is 1. The summed E-state index contributed by atoms with van der Waals surface area (Å²) in [6, 6.07) is 16.6. The highest BCUT2D eigenvalue weighted by molar-refractivity contribution is 6.11. The average molecular weight is 402 g/mol. The van der Waals surface area contributed by atoms with Gasteiger partial charge in [-0.25, -0.2) is 0 Å². The van der Waals surface area contributed by atoms with Crippen LogP contribution in [0.25, 0.3) is 10.9 Å². The molecule has 0 radical (unpaired) electrons. The van der Waals surface area contributed by atoms with E-state index in [1.165, 1.54) is 0 Å². The molecule has 3 heterocycles. The van der Waals surface area contributed by atoms with Crippen LogP contribution in [0.4, 0.5) is 5.69 Å². The molecule has 2 aromatic carbocycles. The van der Waals surface area contributed by atoms with Gasteiger partial charge in [0.15, 0.2) is 5.78 Å². The highest BCUT2D eigenvalue weighted by atomic mass is 16.5. The maximum Gasteiger partial charge on any atom is 0.193 e. The standard InChI is InChI=1S/C23H22N4O3/c1-29-17-6-4-5-15(11-17)25-22(21-12-16-14-30-10-9-27(16)26-21)23(28)19-13-24-20-8-3-2-7-18(19)20/h2-8,11-13,22,24-25H,9-10,14H2,1H3. The van der Waals surface area contributed by atoms with Crippen molar-refractivity contribution in [2.45, 2.75) is 19.2 Å². The fraction of sp³-hybridized carbons (Fsp3) is 0.217. The number of aromatic nitrogens is 3. The number of H-pyrrole nitrogens is 1. The predicted octanol–water partition coefficient (Wildman–Crippen LogP) is 3.94. The van der Waals surface area contributed by atoms with Crippen molar-refractivity contribution >= 4 is 22.4 Å². The number of carbonyl (C=O) groups excluding carboxylic acids is 1. The predicted molar refractivity (Wildman–Crippen MR) is 114 cm³/mol. The Balaban J connectivity index is 1.56. The molecule has 0 saturated heterocycles. The van der Waals surface area contributed by atoms with Gasteiger partial charge < -0.3 is 19.8 Å². The third kappa shape index (κ3) is 3.33. The third-order valence-corrected chi connectivity index (χ3v) is 5.37. The normalized spacial score (nSPS) is 14.3. The summed E-state index contributed by atoms with van der Waals surface area (Å²) in [6.45, 7) is 1.81. The molecule has 0 spiro atoms. The molecule has 0 fully saturated rings. The van der Waals surface area contributed by atoms with Gasteiger partial charge in [-0.1, -0.05) is 24.3 Å². The van der Waals surface area contributed by atoms with Crippen molar-refractivity contribution in [3.63, 3.8) is 0 Å². The lowest BCUT2D eigenvalue weighted by molar-refractivity contribution is 0.0799. The maximum atomic E-state index is 13.7. The zero-order valence-electron chi connectivity index (χ0n) is 16.6. The molecule has 2 aromatic heterocycles. The highest BCUT2D eigenvalue weighted by Crippen LogP contribution is 2.29. The van der Waals surface area contributed by atoms with E-state index >= 15 is 0 Å². The quantitative estimate of drug-likeness (QED) is 0.478. The van der Waals surface area contributed by atoms with Crippen molar-refractivity contribution in [3.8, 4) is 5.75 Å². The summed E-state index contributed by atoms with van der Waals surface area (Å²) in [5.41, 5.74) is 4.00. The van der Waals surface area contributed by atoms with Crippen LogP contribution < -0.4 is 10.1 Å². The van der Waals surface area contributed by atoms with Crippen LogP contribution in [-0.4, -0.2) is 34.3 Å². The van der Waals surface area contributed by atoms with E-state index in [0.29, 0.717) is 31.0 Å². The van der Waals surface area contributed by atoms with E-state index in [0.717, 1.165) is 28.0 Å². The summed E-state index contributed by atoms with van der Waals surface area (Å²) in [7, 11) is 1.62. The Bertz CT molecular complexity index is 1190. The molecule has 0 aliphatic carbocycles. The maximum absolute atomic E-state index is 13.7. The van der Waals surface area contributed by atoms with Crippen LogP contribution in [0, 0.1) is 0 Å². The summed E-state index contributed by atoms with van der Waals surface area (Å²) >= 11 is 0. The number of nitrogens with one attached hydrogen (secondary N) is 2. The third-order valence-electron chi connectivity index (χ3n) is 5.37. The van der Waals surface area contributed by atoms with E-state index < -0.39 is 6.04 Å².